The summed E-state index contributed by atoms with van der Waals surface area (Å²) >= 11 is 0. The van der Waals surface area contributed by atoms with Gasteiger partial charge in [-0.15, -0.1) is 0 Å². The molecule has 0 radical (unpaired) electrons. The number of nitrogens with one attached hydrogen (secondary N) is 1. The van der Waals surface area contributed by atoms with E-state index in [-0.39, 0.29) is 11.7 Å². The van der Waals surface area contributed by atoms with Crippen molar-refractivity contribution < 1.29 is 4.79 Å². The lowest BCUT2D eigenvalue weighted by molar-refractivity contribution is 0.0956. The minimum atomic E-state index is -0.257. The highest BCUT2D eigenvalue weighted by atomic mass is 16.1. The van der Waals surface area contributed by atoms with E-state index >= 15 is 0 Å². The van der Waals surface area contributed by atoms with Crippen molar-refractivity contribution in [3.05, 3.63) is 76.9 Å². The topological polar surface area (TPSA) is 98.2 Å². The summed E-state index contributed by atoms with van der Waals surface area (Å²) in [7, 11) is 0. The number of aromatic nitrogens is 3. The highest BCUT2D eigenvalue weighted by molar-refractivity contribution is 6.10. The highest BCUT2D eigenvalue weighted by Crippen LogP contribution is 2.28. The SMILES string of the molecule is Cc1ccc(C=Nn2c(N)c(C(=O)NCCC3=CCCCC3)c3nc4ccccc4nc32)cc1. The molecule has 0 atom stereocenters. The lowest BCUT2D eigenvalue weighted by Gasteiger charge is -2.12. The number of benzene rings is 2. The first-order valence-corrected chi connectivity index (χ1v) is 11.7. The van der Waals surface area contributed by atoms with Crippen LogP contribution in [-0.2, 0) is 0 Å². The Morgan fingerprint density at radius 1 is 1.12 bits per heavy atom. The van der Waals surface area contributed by atoms with Gasteiger partial charge in [0.25, 0.3) is 5.91 Å². The molecule has 7 heteroatoms. The van der Waals surface area contributed by atoms with Crippen molar-refractivity contribution >= 4 is 40.1 Å². The molecule has 5 rings (SSSR count). The zero-order valence-electron chi connectivity index (χ0n) is 19.3. The third kappa shape index (κ3) is 4.41. The van der Waals surface area contributed by atoms with Crippen LogP contribution in [0.1, 0.15) is 53.6 Å². The fourth-order valence-electron chi connectivity index (χ4n) is 4.32. The molecule has 0 aliphatic heterocycles. The zero-order valence-corrected chi connectivity index (χ0v) is 19.3. The molecule has 1 aliphatic carbocycles. The Balaban J connectivity index is 1.51. The molecule has 0 saturated carbocycles. The number of nitrogen functional groups attached to an aromatic ring is 1. The number of hydrogen-bond acceptors (Lipinski definition) is 5. The van der Waals surface area contributed by atoms with Gasteiger partial charge in [0.2, 0.25) is 0 Å². The molecule has 0 bridgehead atoms. The van der Waals surface area contributed by atoms with Crippen LogP contribution < -0.4 is 11.1 Å². The van der Waals surface area contributed by atoms with Crippen LogP contribution in [0.4, 0.5) is 5.82 Å². The van der Waals surface area contributed by atoms with Gasteiger partial charge < -0.3 is 11.1 Å². The van der Waals surface area contributed by atoms with E-state index in [0.29, 0.717) is 28.8 Å². The smallest absolute Gasteiger partial charge is 0.257 e. The fourth-order valence-corrected chi connectivity index (χ4v) is 4.32. The summed E-state index contributed by atoms with van der Waals surface area (Å²) in [4.78, 5) is 22.7. The quantitative estimate of drug-likeness (QED) is 0.318. The molecule has 0 fully saturated rings. The molecule has 34 heavy (non-hydrogen) atoms. The first-order valence-electron chi connectivity index (χ1n) is 11.7. The number of para-hydroxylation sites is 2. The first-order chi connectivity index (χ1) is 16.6. The Kier molecular flexibility index (Phi) is 6.08. The van der Waals surface area contributed by atoms with Gasteiger partial charge in [-0.25, -0.2) is 9.97 Å². The van der Waals surface area contributed by atoms with Gasteiger partial charge >= 0.3 is 0 Å². The standard InChI is InChI=1S/C27H28N6O/c1-18-11-13-20(14-12-18)17-30-33-25(28)23(27(34)29-16-15-19-7-3-2-4-8-19)24-26(33)32-22-10-6-5-9-21(22)31-24/h5-7,9-14,17H,2-4,8,15-16,28H2,1H3,(H,29,34). The number of rotatable bonds is 6. The molecule has 2 aromatic carbocycles. The molecule has 0 unspecified atom stereocenters. The number of allylic oxidation sites excluding steroid dienone is 1. The van der Waals surface area contributed by atoms with Gasteiger partial charge in [0.05, 0.1) is 17.2 Å². The summed E-state index contributed by atoms with van der Waals surface area (Å²) < 4.78 is 1.51. The Bertz CT molecular complexity index is 1410. The van der Waals surface area contributed by atoms with E-state index in [1.165, 1.54) is 28.7 Å². The molecule has 0 spiro atoms. The number of nitrogens with zero attached hydrogens (tertiary/aromatic N) is 4. The van der Waals surface area contributed by atoms with Gasteiger partial charge in [-0.1, -0.05) is 53.6 Å². The second-order valence-corrected chi connectivity index (χ2v) is 8.73. The molecular formula is C27H28N6O. The summed E-state index contributed by atoms with van der Waals surface area (Å²) in [5.74, 6) is -0.0316. The Morgan fingerprint density at radius 3 is 2.62 bits per heavy atom. The molecule has 172 valence electrons. The minimum Gasteiger partial charge on any atom is -0.383 e. The van der Waals surface area contributed by atoms with E-state index in [9.17, 15) is 4.79 Å². The lowest BCUT2D eigenvalue weighted by atomic mass is 9.97. The lowest BCUT2D eigenvalue weighted by Crippen LogP contribution is -2.25. The van der Waals surface area contributed by atoms with E-state index < -0.39 is 0 Å². The molecule has 2 aromatic heterocycles. The van der Waals surface area contributed by atoms with Gasteiger partial charge in [0, 0.05) is 6.54 Å². The van der Waals surface area contributed by atoms with E-state index in [2.05, 4.69) is 16.5 Å². The van der Waals surface area contributed by atoms with Crippen LogP contribution in [-0.4, -0.2) is 33.3 Å². The average molecular weight is 453 g/mol. The summed E-state index contributed by atoms with van der Waals surface area (Å²) in [6.45, 7) is 2.60. The zero-order chi connectivity index (χ0) is 23.5. The van der Waals surface area contributed by atoms with Crippen molar-refractivity contribution in [1.29, 1.82) is 0 Å². The number of carbonyl (C=O) groups excluding carboxylic acids is 1. The number of nitrogens with two attached hydrogens (primary N) is 1. The Labute approximate surface area is 198 Å². The molecule has 2 heterocycles. The third-order valence-corrected chi connectivity index (χ3v) is 6.22. The molecule has 4 aromatic rings. The molecule has 1 amide bonds. The molecular weight excluding hydrogens is 424 g/mol. The molecule has 1 aliphatic rings. The van der Waals surface area contributed by atoms with Gasteiger partial charge in [-0.2, -0.15) is 9.78 Å². The van der Waals surface area contributed by atoms with Crippen LogP contribution in [0.15, 0.2) is 65.3 Å². The number of amides is 1. The van der Waals surface area contributed by atoms with Crippen LogP contribution in [0.3, 0.4) is 0 Å². The number of aryl methyl sites for hydroxylation is 1. The van der Waals surface area contributed by atoms with E-state index in [0.717, 1.165) is 30.3 Å². The predicted octanol–water partition coefficient (Wildman–Crippen LogP) is 4.98. The van der Waals surface area contributed by atoms with Crippen molar-refractivity contribution in [3.8, 4) is 0 Å². The fraction of sp³-hybridized carbons (Fsp3) is 0.259. The largest absolute Gasteiger partial charge is 0.383 e. The van der Waals surface area contributed by atoms with Gasteiger partial charge in [0.1, 0.15) is 16.9 Å². The maximum atomic E-state index is 13.2. The average Bonchev–Trinajstić information content (AvgIpc) is 3.13. The maximum Gasteiger partial charge on any atom is 0.257 e. The van der Waals surface area contributed by atoms with Crippen molar-refractivity contribution in [2.75, 3.05) is 12.3 Å². The molecule has 0 saturated heterocycles. The number of anilines is 1. The van der Waals surface area contributed by atoms with Crippen LogP contribution in [0.5, 0.6) is 0 Å². The van der Waals surface area contributed by atoms with Crippen molar-refractivity contribution in [2.24, 2.45) is 5.10 Å². The first kappa shape index (κ1) is 21.8. The Morgan fingerprint density at radius 2 is 1.88 bits per heavy atom. The highest BCUT2D eigenvalue weighted by Gasteiger charge is 2.24. The van der Waals surface area contributed by atoms with E-state index in [4.69, 9.17) is 15.7 Å². The molecule has 3 N–H and O–H groups in total. The van der Waals surface area contributed by atoms with Gasteiger partial charge in [0.15, 0.2) is 5.65 Å². The number of fused-ring (bicyclic) bond motifs is 2. The van der Waals surface area contributed by atoms with Crippen molar-refractivity contribution in [2.45, 2.75) is 39.0 Å². The maximum absolute atomic E-state index is 13.2. The van der Waals surface area contributed by atoms with E-state index in [1.807, 2.05) is 55.5 Å². The van der Waals surface area contributed by atoms with Crippen LogP contribution in [0.25, 0.3) is 22.2 Å². The van der Waals surface area contributed by atoms with Crippen LogP contribution in [0, 0.1) is 6.92 Å². The minimum absolute atomic E-state index is 0.225. The van der Waals surface area contributed by atoms with Crippen LogP contribution >= 0.6 is 0 Å². The summed E-state index contributed by atoms with van der Waals surface area (Å²) in [6.07, 6.45) is 9.58. The normalized spacial score (nSPS) is 14.1. The third-order valence-electron chi connectivity index (χ3n) is 6.22. The second kappa shape index (κ2) is 9.47. The number of carbonyl (C=O) groups is 1. The molecule has 7 nitrogen and oxygen atoms in total. The second-order valence-electron chi connectivity index (χ2n) is 8.73. The summed E-state index contributed by atoms with van der Waals surface area (Å²) in [5.41, 5.74) is 12.6. The summed E-state index contributed by atoms with van der Waals surface area (Å²) in [5, 5.41) is 7.60. The Hall–Kier alpha value is -4.00. The van der Waals surface area contributed by atoms with Gasteiger partial charge in [-0.3, -0.25) is 4.79 Å². The monoisotopic (exact) mass is 452 g/mol. The summed E-state index contributed by atoms with van der Waals surface area (Å²) in [6, 6.07) is 15.6. The van der Waals surface area contributed by atoms with Crippen molar-refractivity contribution in [1.82, 2.24) is 20.0 Å². The number of hydrogen-bond donors (Lipinski definition) is 2. The van der Waals surface area contributed by atoms with Gasteiger partial charge in [-0.05, 0) is 56.7 Å². The van der Waals surface area contributed by atoms with Crippen LogP contribution in [0.2, 0.25) is 0 Å². The van der Waals surface area contributed by atoms with E-state index in [1.54, 1.807) is 6.21 Å². The predicted molar refractivity (Wildman–Crippen MR) is 137 cm³/mol. The van der Waals surface area contributed by atoms with Crippen molar-refractivity contribution in [3.63, 3.8) is 0 Å².